The molecule has 1 N–H and O–H groups in total. The first-order chi connectivity index (χ1) is 8.39. The van der Waals surface area contributed by atoms with E-state index in [1.54, 1.807) is 0 Å². The third kappa shape index (κ3) is 3.43. The van der Waals surface area contributed by atoms with Crippen LogP contribution in [-0.4, -0.2) is 19.8 Å². The van der Waals surface area contributed by atoms with Crippen LogP contribution in [0.3, 0.4) is 0 Å². The van der Waals surface area contributed by atoms with Gasteiger partial charge in [-0.25, -0.2) is 17.5 Å². The van der Waals surface area contributed by atoms with Crippen LogP contribution in [0.4, 0.5) is 4.39 Å². The lowest BCUT2D eigenvalue weighted by atomic mass is 9.97. The Kier molecular flexibility index (Phi) is 5.13. The van der Waals surface area contributed by atoms with E-state index in [0.29, 0.717) is 12.8 Å². The molecule has 0 saturated heterocycles. The first-order valence-electron chi connectivity index (χ1n) is 5.74. The zero-order valence-electron chi connectivity index (χ0n) is 10.4. The van der Waals surface area contributed by atoms with Crippen LogP contribution in [0.25, 0.3) is 0 Å². The molecule has 0 heterocycles. The monoisotopic (exact) mass is 293 g/mol. The van der Waals surface area contributed by atoms with E-state index in [4.69, 9.17) is 11.6 Å². The average molecular weight is 294 g/mol. The number of alkyl halides is 1. The summed E-state index contributed by atoms with van der Waals surface area (Å²) < 4.78 is 39.9. The van der Waals surface area contributed by atoms with Crippen LogP contribution in [0.15, 0.2) is 29.2 Å². The maximum atomic E-state index is 13.1. The molecule has 1 aromatic carbocycles. The Bertz CT molecular complexity index is 492. The molecule has 18 heavy (non-hydrogen) atoms. The molecule has 0 atom stereocenters. The van der Waals surface area contributed by atoms with E-state index >= 15 is 0 Å². The van der Waals surface area contributed by atoms with E-state index < -0.39 is 21.4 Å². The summed E-state index contributed by atoms with van der Waals surface area (Å²) in [6.07, 6.45) is 1.14. The van der Waals surface area contributed by atoms with Crippen molar-refractivity contribution in [2.24, 2.45) is 0 Å². The summed E-state index contributed by atoms with van der Waals surface area (Å²) in [5, 5.41) is 0. The van der Waals surface area contributed by atoms with Crippen LogP contribution in [0, 0.1) is 5.82 Å². The summed E-state index contributed by atoms with van der Waals surface area (Å²) in [5.74, 6) is -0.406. The number of sulfonamides is 1. The van der Waals surface area contributed by atoms with Gasteiger partial charge in [0, 0.05) is 11.4 Å². The molecule has 0 unspecified atom stereocenters. The van der Waals surface area contributed by atoms with Crippen LogP contribution in [0.1, 0.15) is 26.7 Å². The van der Waals surface area contributed by atoms with Gasteiger partial charge in [0.05, 0.1) is 4.90 Å². The highest BCUT2D eigenvalue weighted by Gasteiger charge is 2.31. The quantitative estimate of drug-likeness (QED) is 0.820. The number of rotatable bonds is 6. The van der Waals surface area contributed by atoms with Crippen molar-refractivity contribution in [3.05, 3.63) is 30.1 Å². The van der Waals surface area contributed by atoms with Crippen molar-refractivity contribution in [2.45, 2.75) is 37.1 Å². The number of hydrogen-bond donors (Lipinski definition) is 1. The van der Waals surface area contributed by atoms with Crippen molar-refractivity contribution in [2.75, 3.05) is 5.88 Å². The molecule has 0 saturated carbocycles. The molecule has 0 bridgehead atoms. The Hall–Kier alpha value is -0.650. The highest BCUT2D eigenvalue weighted by atomic mass is 35.5. The smallest absolute Gasteiger partial charge is 0.207 e. The van der Waals surface area contributed by atoms with Gasteiger partial charge in [-0.3, -0.25) is 0 Å². The van der Waals surface area contributed by atoms with Gasteiger partial charge in [0.2, 0.25) is 10.0 Å². The van der Waals surface area contributed by atoms with E-state index in [1.165, 1.54) is 18.2 Å². The largest absolute Gasteiger partial charge is 0.241 e. The van der Waals surface area contributed by atoms with Crippen molar-refractivity contribution in [1.82, 2.24) is 4.72 Å². The number of nitrogens with one attached hydrogen (secondary N) is 1. The number of halogens is 2. The molecule has 0 aliphatic carbocycles. The van der Waals surface area contributed by atoms with Gasteiger partial charge >= 0.3 is 0 Å². The van der Waals surface area contributed by atoms with Gasteiger partial charge in [-0.1, -0.05) is 19.9 Å². The molecular formula is C12H17ClFNO2S. The van der Waals surface area contributed by atoms with Gasteiger partial charge in [0.1, 0.15) is 5.82 Å². The zero-order valence-corrected chi connectivity index (χ0v) is 12.0. The minimum absolute atomic E-state index is 0.0844. The predicted molar refractivity (Wildman–Crippen MR) is 70.8 cm³/mol. The molecule has 0 amide bonds. The molecule has 0 radical (unpaired) electrons. The Balaban J connectivity index is 3.08. The van der Waals surface area contributed by atoms with Crippen molar-refractivity contribution < 1.29 is 12.8 Å². The average Bonchev–Trinajstić information content (AvgIpc) is 2.36. The van der Waals surface area contributed by atoms with Gasteiger partial charge in [0.15, 0.2) is 0 Å². The topological polar surface area (TPSA) is 46.2 Å². The second-order valence-corrected chi connectivity index (χ2v) is 6.13. The minimum atomic E-state index is -3.75. The van der Waals surface area contributed by atoms with Gasteiger partial charge < -0.3 is 0 Å². The maximum Gasteiger partial charge on any atom is 0.241 e. The zero-order chi connectivity index (χ0) is 13.8. The van der Waals surface area contributed by atoms with Crippen LogP contribution in [-0.2, 0) is 10.0 Å². The van der Waals surface area contributed by atoms with E-state index in [2.05, 4.69) is 4.72 Å². The first-order valence-corrected chi connectivity index (χ1v) is 7.76. The Morgan fingerprint density at radius 1 is 1.33 bits per heavy atom. The van der Waals surface area contributed by atoms with Crippen molar-refractivity contribution in [1.29, 1.82) is 0 Å². The lowest BCUT2D eigenvalue weighted by molar-refractivity contribution is 0.393. The van der Waals surface area contributed by atoms with Crippen LogP contribution >= 0.6 is 11.6 Å². The fourth-order valence-electron chi connectivity index (χ4n) is 1.59. The lowest BCUT2D eigenvalue weighted by Gasteiger charge is -2.30. The van der Waals surface area contributed by atoms with Crippen LogP contribution in [0.2, 0.25) is 0 Å². The van der Waals surface area contributed by atoms with E-state index in [1.807, 2.05) is 13.8 Å². The van der Waals surface area contributed by atoms with Crippen molar-refractivity contribution in [3.63, 3.8) is 0 Å². The number of benzene rings is 1. The second kappa shape index (κ2) is 5.99. The second-order valence-electron chi connectivity index (χ2n) is 4.18. The molecule has 0 spiro atoms. The van der Waals surface area contributed by atoms with E-state index in [9.17, 15) is 12.8 Å². The fourth-order valence-corrected chi connectivity index (χ4v) is 3.69. The normalized spacial score (nSPS) is 12.7. The van der Waals surface area contributed by atoms with Crippen LogP contribution < -0.4 is 4.72 Å². The Labute approximate surface area is 112 Å². The van der Waals surface area contributed by atoms with Gasteiger partial charge in [0.25, 0.3) is 0 Å². The fraction of sp³-hybridized carbons (Fsp3) is 0.500. The Morgan fingerprint density at radius 2 is 1.94 bits per heavy atom. The summed E-state index contributed by atoms with van der Waals surface area (Å²) in [5.41, 5.74) is -0.688. The molecule has 1 aromatic rings. The van der Waals surface area contributed by atoms with E-state index in [-0.39, 0.29) is 10.8 Å². The molecule has 6 heteroatoms. The SMILES string of the molecule is CCC(CC)(CCl)NS(=O)(=O)c1cccc(F)c1. The third-order valence-electron chi connectivity index (χ3n) is 3.07. The van der Waals surface area contributed by atoms with Crippen LogP contribution in [0.5, 0.6) is 0 Å². The summed E-state index contributed by atoms with van der Waals surface area (Å²) in [4.78, 5) is -0.0844. The molecule has 0 fully saturated rings. The lowest BCUT2D eigenvalue weighted by Crippen LogP contribution is -2.49. The van der Waals surface area contributed by atoms with Crippen molar-refractivity contribution >= 4 is 21.6 Å². The van der Waals surface area contributed by atoms with E-state index in [0.717, 1.165) is 6.07 Å². The molecular weight excluding hydrogens is 277 g/mol. The van der Waals surface area contributed by atoms with Gasteiger partial charge in [-0.15, -0.1) is 11.6 Å². The Morgan fingerprint density at radius 3 is 2.39 bits per heavy atom. The summed E-state index contributed by atoms with van der Waals surface area (Å²) in [6, 6.07) is 4.92. The summed E-state index contributed by atoms with van der Waals surface area (Å²) in [7, 11) is -3.75. The number of hydrogen-bond acceptors (Lipinski definition) is 2. The van der Waals surface area contributed by atoms with Gasteiger partial charge in [-0.05, 0) is 31.0 Å². The molecule has 1 rings (SSSR count). The molecule has 102 valence electrons. The minimum Gasteiger partial charge on any atom is -0.207 e. The van der Waals surface area contributed by atoms with Gasteiger partial charge in [-0.2, -0.15) is 0 Å². The summed E-state index contributed by atoms with van der Waals surface area (Å²) >= 11 is 5.85. The maximum absolute atomic E-state index is 13.1. The standard InChI is InChI=1S/C12H17ClFNO2S/c1-3-12(4-2,9-13)15-18(16,17)11-7-5-6-10(14)8-11/h5-8,15H,3-4,9H2,1-2H3. The molecule has 3 nitrogen and oxygen atoms in total. The highest BCUT2D eigenvalue weighted by molar-refractivity contribution is 7.89. The first kappa shape index (κ1) is 15.4. The third-order valence-corrected chi connectivity index (χ3v) is 5.15. The van der Waals surface area contributed by atoms with Crippen molar-refractivity contribution in [3.8, 4) is 0 Å². The molecule has 0 aliphatic heterocycles. The molecule has 0 aromatic heterocycles. The summed E-state index contributed by atoms with van der Waals surface area (Å²) in [6.45, 7) is 3.72. The highest BCUT2D eigenvalue weighted by Crippen LogP contribution is 2.21. The predicted octanol–water partition coefficient (Wildman–Crippen LogP) is 2.90. The molecule has 0 aliphatic rings.